The normalized spacial score (nSPS) is 18.9. The van der Waals surface area contributed by atoms with Crippen molar-refractivity contribution in [1.29, 1.82) is 0 Å². The number of para-hydroxylation sites is 3. The van der Waals surface area contributed by atoms with Gasteiger partial charge in [0.05, 0.1) is 22.8 Å². The Bertz CT molecular complexity index is 1050. The molecule has 0 aliphatic carbocycles. The quantitative estimate of drug-likeness (QED) is 0.622. The van der Waals surface area contributed by atoms with E-state index >= 15 is 0 Å². The number of carbonyl (C=O) groups excluding carboxylic acids is 1. The second-order valence-electron chi connectivity index (χ2n) is 6.25. The third-order valence-electron chi connectivity index (χ3n) is 4.93. The minimum atomic E-state index is -0.269. The minimum Gasteiger partial charge on any atom is -0.308 e. The van der Waals surface area contributed by atoms with Gasteiger partial charge in [0.2, 0.25) is 5.91 Å². The Hall–Kier alpha value is -2.95. The van der Waals surface area contributed by atoms with Crippen LogP contribution in [0.4, 0.5) is 10.1 Å². The molecule has 0 radical (unpaired) electrons. The molecule has 3 heterocycles. The molecule has 24 heavy (non-hydrogen) atoms. The molecule has 0 N–H and O–H groups in total. The molecule has 5 heteroatoms. The van der Waals surface area contributed by atoms with Crippen molar-refractivity contribution >= 4 is 28.3 Å². The first-order valence-corrected chi connectivity index (χ1v) is 7.89. The summed E-state index contributed by atoms with van der Waals surface area (Å²) in [4.78, 5) is 18.6. The fraction of sp³-hybridized carbons (Fsp3) is 0.158. The summed E-state index contributed by atoms with van der Waals surface area (Å²) in [5, 5.41) is 0.836. The highest BCUT2D eigenvalue weighted by molar-refractivity contribution is 6.10. The number of halogens is 1. The van der Waals surface area contributed by atoms with Crippen LogP contribution in [0.5, 0.6) is 0 Å². The van der Waals surface area contributed by atoms with Crippen LogP contribution >= 0.6 is 0 Å². The van der Waals surface area contributed by atoms with Gasteiger partial charge in [0, 0.05) is 24.5 Å². The van der Waals surface area contributed by atoms with Gasteiger partial charge >= 0.3 is 0 Å². The van der Waals surface area contributed by atoms with E-state index in [-0.39, 0.29) is 17.6 Å². The first kappa shape index (κ1) is 13.5. The summed E-state index contributed by atoms with van der Waals surface area (Å²) in [7, 11) is 1.75. The lowest BCUT2D eigenvalue weighted by molar-refractivity contribution is -0.124. The molecule has 2 aliphatic heterocycles. The number of amides is 1. The van der Waals surface area contributed by atoms with Crippen molar-refractivity contribution in [3.05, 3.63) is 60.0 Å². The van der Waals surface area contributed by atoms with Crippen LogP contribution < -0.4 is 0 Å². The molecule has 1 amide bonds. The van der Waals surface area contributed by atoms with Gasteiger partial charge in [-0.3, -0.25) is 4.79 Å². The van der Waals surface area contributed by atoms with Crippen LogP contribution in [0.3, 0.4) is 0 Å². The van der Waals surface area contributed by atoms with Crippen LogP contribution in [0.25, 0.3) is 16.6 Å². The summed E-state index contributed by atoms with van der Waals surface area (Å²) in [5.74, 6) is 0.348. The second-order valence-corrected chi connectivity index (χ2v) is 6.25. The Kier molecular flexibility index (Phi) is 2.55. The van der Waals surface area contributed by atoms with Crippen molar-refractivity contribution in [2.45, 2.75) is 12.3 Å². The summed E-state index contributed by atoms with van der Waals surface area (Å²) in [6.07, 6.45) is 0.362. The fourth-order valence-corrected chi connectivity index (χ4v) is 3.78. The molecule has 0 bridgehead atoms. The molecule has 0 saturated carbocycles. The zero-order chi connectivity index (χ0) is 16.4. The molecule has 118 valence electrons. The van der Waals surface area contributed by atoms with E-state index in [1.165, 1.54) is 6.07 Å². The zero-order valence-corrected chi connectivity index (χ0v) is 13.0. The van der Waals surface area contributed by atoms with Crippen LogP contribution in [-0.2, 0) is 4.79 Å². The van der Waals surface area contributed by atoms with Gasteiger partial charge in [0.1, 0.15) is 11.7 Å². The van der Waals surface area contributed by atoms with Gasteiger partial charge in [-0.25, -0.2) is 9.38 Å². The molecule has 4 nitrogen and oxygen atoms in total. The molecule has 1 aromatic heterocycles. The van der Waals surface area contributed by atoms with Crippen LogP contribution in [0, 0.1) is 5.82 Å². The number of carbonyl (C=O) groups is 1. The number of likely N-dealkylation sites (tertiary alicyclic amines) is 1. The van der Waals surface area contributed by atoms with E-state index in [2.05, 4.69) is 0 Å². The molecular formula is C19H14FN3O. The van der Waals surface area contributed by atoms with E-state index < -0.39 is 0 Å². The maximum absolute atomic E-state index is 14.6. The van der Waals surface area contributed by atoms with Crippen molar-refractivity contribution in [3.63, 3.8) is 0 Å². The van der Waals surface area contributed by atoms with Gasteiger partial charge in [-0.05, 0) is 24.3 Å². The molecule has 1 fully saturated rings. The monoisotopic (exact) mass is 319 g/mol. The lowest BCUT2D eigenvalue weighted by Crippen LogP contribution is -2.25. The Morgan fingerprint density at radius 1 is 1.17 bits per heavy atom. The van der Waals surface area contributed by atoms with Crippen molar-refractivity contribution in [2.24, 2.45) is 4.99 Å². The number of hydrogen-bond acceptors (Lipinski definition) is 2. The lowest BCUT2D eigenvalue weighted by atomic mass is 10.0. The Morgan fingerprint density at radius 3 is 2.88 bits per heavy atom. The number of aliphatic imine (C=N–C) groups is 1. The molecule has 2 aromatic carbocycles. The minimum absolute atomic E-state index is 0.0374. The van der Waals surface area contributed by atoms with Crippen molar-refractivity contribution < 1.29 is 9.18 Å². The third-order valence-corrected chi connectivity index (χ3v) is 4.93. The number of hydrogen-bond donors (Lipinski definition) is 0. The van der Waals surface area contributed by atoms with Crippen LogP contribution in [-0.4, -0.2) is 28.3 Å². The second kappa shape index (κ2) is 4.54. The highest BCUT2D eigenvalue weighted by atomic mass is 19.1. The van der Waals surface area contributed by atoms with Crippen LogP contribution in [0.15, 0.2) is 53.5 Å². The van der Waals surface area contributed by atoms with E-state index in [4.69, 9.17) is 4.99 Å². The Balaban J connectivity index is 1.95. The Labute approximate surface area is 137 Å². The van der Waals surface area contributed by atoms with Crippen molar-refractivity contribution in [2.75, 3.05) is 7.05 Å². The van der Waals surface area contributed by atoms with Crippen molar-refractivity contribution in [1.82, 2.24) is 9.47 Å². The molecule has 1 unspecified atom stereocenters. The summed E-state index contributed by atoms with van der Waals surface area (Å²) >= 11 is 0. The largest absolute Gasteiger partial charge is 0.308 e. The zero-order valence-electron chi connectivity index (χ0n) is 13.0. The van der Waals surface area contributed by atoms with Crippen LogP contribution in [0.2, 0.25) is 0 Å². The predicted octanol–water partition coefficient (Wildman–Crippen LogP) is 3.76. The van der Waals surface area contributed by atoms with Crippen molar-refractivity contribution in [3.8, 4) is 5.69 Å². The topological polar surface area (TPSA) is 37.6 Å². The highest BCUT2D eigenvalue weighted by Crippen LogP contribution is 2.42. The average molecular weight is 319 g/mol. The first-order valence-electron chi connectivity index (χ1n) is 7.89. The molecule has 3 aromatic rings. The first-order chi connectivity index (χ1) is 11.6. The number of aromatic nitrogens is 1. The van der Waals surface area contributed by atoms with E-state index in [0.717, 1.165) is 28.3 Å². The summed E-state index contributed by atoms with van der Waals surface area (Å²) in [6.45, 7) is 0. The van der Waals surface area contributed by atoms with Gasteiger partial charge in [0.15, 0.2) is 0 Å². The standard InChI is InChI=1S/C19H14FN3O/c1-22-17(24)10-12-16-9-11-5-4-6-13(20)18(11)23(16)15-8-3-2-7-14(15)21-19(12)22/h2-9,12H,10H2,1H3. The molecule has 2 aliphatic rings. The van der Waals surface area contributed by atoms with Gasteiger partial charge in [-0.15, -0.1) is 0 Å². The Morgan fingerprint density at radius 2 is 2.00 bits per heavy atom. The number of nitrogens with zero attached hydrogens (tertiary/aromatic N) is 3. The molecule has 0 spiro atoms. The third kappa shape index (κ3) is 1.61. The number of amidine groups is 1. The molecular weight excluding hydrogens is 305 g/mol. The number of benzene rings is 2. The van der Waals surface area contributed by atoms with Gasteiger partial charge in [0.25, 0.3) is 0 Å². The maximum Gasteiger partial charge on any atom is 0.228 e. The summed E-state index contributed by atoms with van der Waals surface area (Å²) in [6, 6.07) is 14.7. The molecule has 1 saturated heterocycles. The smallest absolute Gasteiger partial charge is 0.228 e. The van der Waals surface area contributed by atoms with E-state index in [1.807, 2.05) is 41.0 Å². The predicted molar refractivity (Wildman–Crippen MR) is 90.5 cm³/mol. The fourth-order valence-electron chi connectivity index (χ4n) is 3.78. The van der Waals surface area contributed by atoms with Crippen LogP contribution in [0.1, 0.15) is 18.0 Å². The number of rotatable bonds is 0. The lowest BCUT2D eigenvalue weighted by Gasteiger charge is -2.13. The summed E-state index contributed by atoms with van der Waals surface area (Å²) < 4.78 is 16.5. The number of likely N-dealkylation sites (N-methyl/N-ethyl adjacent to an activating group) is 1. The van der Waals surface area contributed by atoms with E-state index in [9.17, 15) is 9.18 Å². The molecule has 1 atom stereocenters. The SMILES string of the molecule is CN1C(=O)CC2C1=Nc1ccccc1-n1c2cc2cccc(F)c21. The average Bonchev–Trinajstić information content (AvgIpc) is 3.05. The highest BCUT2D eigenvalue weighted by Gasteiger charge is 2.39. The van der Waals surface area contributed by atoms with Gasteiger partial charge in [-0.1, -0.05) is 24.3 Å². The van der Waals surface area contributed by atoms with E-state index in [0.29, 0.717) is 11.9 Å². The van der Waals surface area contributed by atoms with Gasteiger partial charge in [-0.2, -0.15) is 0 Å². The molecule has 5 rings (SSSR count). The number of fused-ring (bicyclic) bond motifs is 7. The van der Waals surface area contributed by atoms with Gasteiger partial charge < -0.3 is 9.47 Å². The maximum atomic E-state index is 14.6. The van der Waals surface area contributed by atoms with E-state index in [1.54, 1.807) is 18.0 Å². The summed E-state index contributed by atoms with van der Waals surface area (Å²) in [5.41, 5.74) is 3.05.